The molecule has 0 aromatic heterocycles. The highest BCUT2D eigenvalue weighted by Gasteiger charge is 2.26. The average Bonchev–Trinajstić information content (AvgIpc) is 3.30. The number of benzene rings is 4. The lowest BCUT2D eigenvalue weighted by Crippen LogP contribution is -2.15. The van der Waals surface area contributed by atoms with E-state index in [-0.39, 0.29) is 55.7 Å². The largest absolute Gasteiger partial charge is 0.493 e. The Bertz CT molecular complexity index is 2350. The molecule has 1 aliphatic rings. The summed E-state index contributed by atoms with van der Waals surface area (Å²) in [5, 5.41) is 21.9. The molecule has 4 amide bonds. The van der Waals surface area contributed by atoms with Gasteiger partial charge in [0, 0.05) is 125 Å². The van der Waals surface area contributed by atoms with Gasteiger partial charge in [-0.25, -0.2) is 0 Å². The van der Waals surface area contributed by atoms with Crippen molar-refractivity contribution < 1.29 is 48.0 Å². The first-order valence-corrected chi connectivity index (χ1v) is 25.9. The van der Waals surface area contributed by atoms with Crippen LogP contribution in [0.15, 0.2) is 48.5 Å². The van der Waals surface area contributed by atoms with Gasteiger partial charge in [-0.1, -0.05) is 48.5 Å². The fourth-order valence-corrected chi connectivity index (χ4v) is 8.71. The molecule has 0 unspecified atom stereocenters. The third-order valence-electron chi connectivity index (χ3n) is 11.7. The molecular weight excluding hydrogens is 901 g/mol. The predicted octanol–water partition coefficient (Wildman–Crippen LogP) is 11.9. The Labute approximate surface area is 420 Å². The van der Waals surface area contributed by atoms with Crippen molar-refractivity contribution in [2.45, 2.75) is 158 Å². The van der Waals surface area contributed by atoms with Gasteiger partial charge in [-0.2, -0.15) is 0 Å². The van der Waals surface area contributed by atoms with Crippen LogP contribution in [-0.2, 0) is 49.7 Å². The molecule has 14 heteroatoms. The predicted molar refractivity (Wildman–Crippen MR) is 281 cm³/mol. The first-order chi connectivity index (χ1) is 34.3. The highest BCUT2D eigenvalue weighted by Crippen LogP contribution is 2.43. The van der Waals surface area contributed by atoms with E-state index in [0.717, 1.165) is 63.8 Å². The molecule has 384 valence electrons. The van der Waals surface area contributed by atoms with Gasteiger partial charge in [0.05, 0.1) is 26.4 Å². The van der Waals surface area contributed by atoms with E-state index in [1.165, 1.54) is 0 Å². The van der Waals surface area contributed by atoms with Crippen LogP contribution in [0.4, 0.5) is 22.7 Å². The summed E-state index contributed by atoms with van der Waals surface area (Å²) in [6, 6.07) is 15.5. The number of carboxylic acids is 1. The molecule has 1 aliphatic carbocycles. The van der Waals surface area contributed by atoms with Gasteiger partial charge >= 0.3 is 5.97 Å². The zero-order valence-corrected chi connectivity index (χ0v) is 43.1. The normalized spacial score (nSPS) is 11.8. The summed E-state index contributed by atoms with van der Waals surface area (Å²) >= 11 is 0. The minimum Gasteiger partial charge on any atom is -0.493 e. The lowest BCUT2D eigenvalue weighted by atomic mass is 9.90. The van der Waals surface area contributed by atoms with E-state index in [1.54, 1.807) is 0 Å². The minimum absolute atomic E-state index is 0.00883. The Morgan fingerprint density at radius 1 is 0.366 bits per heavy atom. The summed E-state index contributed by atoms with van der Waals surface area (Å²) in [5.41, 5.74) is 8.47. The van der Waals surface area contributed by atoms with E-state index in [9.17, 15) is 29.1 Å². The Hall–Kier alpha value is -6.57. The van der Waals surface area contributed by atoms with Crippen molar-refractivity contribution in [2.75, 3.05) is 47.7 Å². The Kier molecular flexibility index (Phi) is 22.1. The number of ether oxygens (including phenoxy) is 4. The number of hydrogen-bond acceptors (Lipinski definition) is 9. The maximum Gasteiger partial charge on any atom is 0.303 e. The van der Waals surface area contributed by atoms with Crippen LogP contribution in [0, 0.1) is 0 Å². The maximum atomic E-state index is 13.5. The van der Waals surface area contributed by atoms with Gasteiger partial charge in [0.15, 0.2) is 0 Å². The van der Waals surface area contributed by atoms with Gasteiger partial charge in [0.25, 0.3) is 0 Å². The number of carbonyl (C=O) groups excluding carboxylic acids is 4. The topological polar surface area (TPSA) is 191 Å². The first-order valence-electron chi connectivity index (χ1n) is 25.9. The van der Waals surface area contributed by atoms with Gasteiger partial charge in [0.2, 0.25) is 23.6 Å². The second-order valence-corrected chi connectivity index (χ2v) is 18.3. The number of fused-ring (bicyclic) bond motifs is 8. The van der Waals surface area contributed by atoms with E-state index in [2.05, 4.69) is 28.2 Å². The molecule has 4 aromatic rings. The molecule has 0 fully saturated rings. The standard InChI is InChI=1S/C57H76N4O10/c1-8-16-49(62)58-45-29-37-25-39-31-46(59-50(63)17-9-2)33-41(55(39)69-22-12-5)27-43-35-48(61-52(65)19-15-20-53(66)67)36-44(57(43)71-24-14-7)28-42-34-47(60-51(64)18-10-3)32-40(56(42)70-23-13-6)26-38(30-45)54(37)68-21-11-4/h29-36H,8-28H2,1-7H3,(H,58,62)(H,59,63)(H,60,64)(H,61,65)(H,66,67). The van der Waals surface area contributed by atoms with E-state index in [1.807, 2.05) is 90.1 Å². The van der Waals surface area contributed by atoms with Gasteiger partial charge < -0.3 is 45.3 Å². The number of hydrogen-bond donors (Lipinski definition) is 5. The molecule has 8 bridgehead atoms. The molecule has 0 saturated heterocycles. The van der Waals surface area contributed by atoms with Crippen LogP contribution in [-0.4, -0.2) is 61.1 Å². The van der Waals surface area contributed by atoms with Crippen LogP contribution in [0.2, 0.25) is 0 Å². The number of rotatable bonds is 26. The van der Waals surface area contributed by atoms with Crippen LogP contribution in [0.25, 0.3) is 0 Å². The molecule has 5 rings (SSSR count). The van der Waals surface area contributed by atoms with Gasteiger partial charge in [-0.05, 0) is 99.9 Å². The molecule has 0 heterocycles. The molecule has 4 aromatic carbocycles. The second-order valence-electron chi connectivity index (χ2n) is 18.3. The number of nitrogens with one attached hydrogen (secondary N) is 4. The zero-order valence-electron chi connectivity index (χ0n) is 43.1. The van der Waals surface area contributed by atoms with Crippen molar-refractivity contribution in [3.05, 3.63) is 93.0 Å². The molecule has 71 heavy (non-hydrogen) atoms. The summed E-state index contributed by atoms with van der Waals surface area (Å²) in [6.45, 7) is 15.7. The SMILES string of the molecule is CCCOc1c2cc(NC(=O)CCC)cc1Cc1cc(NC(=O)CCC)cc(c1OCCC)Cc1cc(NC(=O)CCCC(=O)O)cc(c1OCCC)Cc1cc(NC(=O)CCC)cc(c1OCCC)C2. The number of amides is 4. The summed E-state index contributed by atoms with van der Waals surface area (Å²) < 4.78 is 27.0. The van der Waals surface area contributed by atoms with Crippen LogP contribution >= 0.6 is 0 Å². The highest BCUT2D eigenvalue weighted by molar-refractivity contribution is 5.93. The van der Waals surface area contributed by atoms with Crippen molar-refractivity contribution in [3.63, 3.8) is 0 Å². The maximum absolute atomic E-state index is 13.5. The zero-order chi connectivity index (χ0) is 51.3. The molecule has 0 atom stereocenters. The van der Waals surface area contributed by atoms with Crippen LogP contribution in [0.1, 0.15) is 176 Å². The van der Waals surface area contributed by atoms with Crippen molar-refractivity contribution in [3.8, 4) is 23.0 Å². The summed E-state index contributed by atoms with van der Waals surface area (Å²) in [6.07, 6.45) is 7.04. The highest BCUT2D eigenvalue weighted by atomic mass is 16.5. The second kappa shape index (κ2) is 28.3. The van der Waals surface area contributed by atoms with E-state index < -0.39 is 5.97 Å². The van der Waals surface area contributed by atoms with Crippen LogP contribution in [0.5, 0.6) is 23.0 Å². The molecule has 0 spiro atoms. The molecular formula is C57H76N4O10. The Morgan fingerprint density at radius 2 is 0.592 bits per heavy atom. The summed E-state index contributed by atoms with van der Waals surface area (Å²) in [7, 11) is 0. The lowest BCUT2D eigenvalue weighted by molar-refractivity contribution is -0.137. The van der Waals surface area contributed by atoms with Gasteiger partial charge in [-0.15, -0.1) is 0 Å². The van der Waals surface area contributed by atoms with Gasteiger partial charge in [-0.3, -0.25) is 24.0 Å². The van der Waals surface area contributed by atoms with E-state index >= 15 is 0 Å². The molecule has 0 saturated carbocycles. The number of aliphatic carboxylic acids is 1. The number of carboxylic acid groups (broad SMARTS) is 1. The monoisotopic (exact) mass is 977 g/mol. The third-order valence-corrected chi connectivity index (χ3v) is 11.7. The fourth-order valence-electron chi connectivity index (χ4n) is 8.71. The van der Waals surface area contributed by atoms with Crippen molar-refractivity contribution in [1.29, 1.82) is 0 Å². The smallest absolute Gasteiger partial charge is 0.303 e. The third kappa shape index (κ3) is 16.5. The quantitative estimate of drug-likeness (QED) is 0.0356. The van der Waals surface area contributed by atoms with Crippen LogP contribution < -0.4 is 40.2 Å². The van der Waals surface area contributed by atoms with E-state index in [0.29, 0.717) is 130 Å². The average molecular weight is 977 g/mol. The van der Waals surface area contributed by atoms with E-state index in [4.69, 9.17) is 18.9 Å². The molecule has 5 N–H and O–H groups in total. The van der Waals surface area contributed by atoms with Crippen molar-refractivity contribution >= 4 is 52.3 Å². The fraction of sp³-hybridized carbons (Fsp3) is 0.491. The van der Waals surface area contributed by atoms with Crippen molar-refractivity contribution in [2.24, 2.45) is 0 Å². The first kappa shape index (κ1) is 55.4. The van der Waals surface area contributed by atoms with Crippen molar-refractivity contribution in [1.82, 2.24) is 0 Å². The Balaban J connectivity index is 1.94. The molecule has 14 nitrogen and oxygen atoms in total. The minimum atomic E-state index is -0.974. The lowest BCUT2D eigenvalue weighted by Gasteiger charge is -2.25. The summed E-state index contributed by atoms with van der Waals surface area (Å²) in [5.74, 6) is 0.867. The molecule has 0 radical (unpaired) electrons. The number of carbonyl (C=O) groups is 5. The molecule has 0 aliphatic heterocycles. The Morgan fingerprint density at radius 3 is 0.789 bits per heavy atom. The summed E-state index contributed by atoms with van der Waals surface area (Å²) in [4.78, 5) is 65.0. The number of anilines is 4. The van der Waals surface area contributed by atoms with Gasteiger partial charge in [0.1, 0.15) is 23.0 Å². The van der Waals surface area contributed by atoms with Crippen LogP contribution in [0.3, 0.4) is 0 Å².